The number of carbonyl (C=O) groups excluding carboxylic acids is 3. The molecule has 214 valence electrons. The van der Waals surface area contributed by atoms with Gasteiger partial charge in [-0.25, -0.2) is 4.79 Å². The summed E-state index contributed by atoms with van der Waals surface area (Å²) in [5, 5.41) is 36.7. The van der Waals surface area contributed by atoms with Crippen LogP contribution in [0.5, 0.6) is 0 Å². The van der Waals surface area contributed by atoms with Gasteiger partial charge >= 0.3 is 11.9 Å². The van der Waals surface area contributed by atoms with Crippen molar-refractivity contribution in [3.8, 4) is 0 Å². The van der Waals surface area contributed by atoms with Crippen LogP contribution in [0.1, 0.15) is 31.7 Å². The normalized spacial score (nSPS) is 15.0. The number of benzene rings is 1. The van der Waals surface area contributed by atoms with Crippen molar-refractivity contribution >= 4 is 52.3 Å². The van der Waals surface area contributed by atoms with Crippen LogP contribution in [-0.4, -0.2) is 92.2 Å². The number of carbonyl (C=O) groups is 5. The number of carboxylic acid groups (broad SMARTS) is 2. The molecule has 5 unspecified atom stereocenters. The number of aliphatic carboxylic acids is 2. The maximum absolute atomic E-state index is 13.3. The molecule has 3 amide bonds. The van der Waals surface area contributed by atoms with Gasteiger partial charge in [-0.1, -0.05) is 18.2 Å². The Labute approximate surface area is 229 Å². The predicted molar refractivity (Wildman–Crippen MR) is 145 cm³/mol. The van der Waals surface area contributed by atoms with Crippen LogP contribution in [0.4, 0.5) is 0 Å². The van der Waals surface area contributed by atoms with E-state index in [1.54, 1.807) is 12.5 Å². The van der Waals surface area contributed by atoms with Crippen LogP contribution in [0, 0.1) is 0 Å². The first-order chi connectivity index (χ1) is 18.4. The molecule has 1 aromatic heterocycles. The first-order valence-corrected chi connectivity index (χ1v) is 13.7. The van der Waals surface area contributed by atoms with Crippen molar-refractivity contribution in [3.05, 3.63) is 36.0 Å². The quantitative estimate of drug-likeness (QED) is 0.131. The molecular weight excluding hydrogens is 530 g/mol. The fourth-order valence-electron chi connectivity index (χ4n) is 3.83. The number of amides is 3. The second-order valence-corrected chi connectivity index (χ2v) is 10.1. The van der Waals surface area contributed by atoms with Crippen LogP contribution in [0.3, 0.4) is 0 Å². The van der Waals surface area contributed by atoms with Gasteiger partial charge in [-0.15, -0.1) is 0 Å². The lowest BCUT2D eigenvalue weighted by molar-refractivity contribution is -0.142. The minimum absolute atomic E-state index is 0.0188. The lowest BCUT2D eigenvalue weighted by atomic mass is 10.0. The van der Waals surface area contributed by atoms with Crippen molar-refractivity contribution in [2.75, 3.05) is 12.0 Å². The number of fused-ring (bicyclic) bond motifs is 1. The molecule has 0 saturated heterocycles. The third kappa shape index (κ3) is 9.57. The molecule has 5 atom stereocenters. The SMILES string of the molecule is CSCCC(NC(=O)C(Cc1c[nH]c2ccccc12)NC(=O)C(NC(=O)C(N)CCC(=O)O)C(C)O)C(=O)O. The second kappa shape index (κ2) is 15.1. The summed E-state index contributed by atoms with van der Waals surface area (Å²) in [5.41, 5.74) is 7.19. The van der Waals surface area contributed by atoms with E-state index >= 15 is 0 Å². The molecule has 2 rings (SSSR count). The highest BCUT2D eigenvalue weighted by Gasteiger charge is 2.33. The molecule has 1 heterocycles. The molecule has 39 heavy (non-hydrogen) atoms. The number of H-pyrrole nitrogens is 1. The number of thioether (sulfide) groups is 1. The zero-order chi connectivity index (χ0) is 29.1. The molecular formula is C25H35N5O8S. The summed E-state index contributed by atoms with van der Waals surface area (Å²) < 4.78 is 0. The fourth-order valence-corrected chi connectivity index (χ4v) is 4.30. The second-order valence-electron chi connectivity index (χ2n) is 9.07. The van der Waals surface area contributed by atoms with Gasteiger partial charge in [0.15, 0.2) is 0 Å². The highest BCUT2D eigenvalue weighted by molar-refractivity contribution is 7.98. The van der Waals surface area contributed by atoms with Crippen molar-refractivity contribution in [1.82, 2.24) is 20.9 Å². The monoisotopic (exact) mass is 565 g/mol. The summed E-state index contributed by atoms with van der Waals surface area (Å²) >= 11 is 1.42. The maximum Gasteiger partial charge on any atom is 0.326 e. The smallest absolute Gasteiger partial charge is 0.326 e. The van der Waals surface area contributed by atoms with Gasteiger partial charge in [0.25, 0.3) is 0 Å². The number of hydrogen-bond donors (Lipinski definition) is 8. The third-order valence-electron chi connectivity index (χ3n) is 6.03. The van der Waals surface area contributed by atoms with E-state index in [2.05, 4.69) is 20.9 Å². The number of aliphatic hydroxyl groups is 1. The van der Waals surface area contributed by atoms with Gasteiger partial charge in [0.1, 0.15) is 18.1 Å². The highest BCUT2D eigenvalue weighted by Crippen LogP contribution is 2.19. The summed E-state index contributed by atoms with van der Waals surface area (Å²) in [6, 6.07) is 2.10. The largest absolute Gasteiger partial charge is 0.481 e. The number of aliphatic hydroxyl groups excluding tert-OH is 1. The summed E-state index contributed by atoms with van der Waals surface area (Å²) in [7, 11) is 0. The number of aromatic nitrogens is 1. The molecule has 14 heteroatoms. The van der Waals surface area contributed by atoms with Gasteiger partial charge < -0.3 is 42.0 Å². The lowest BCUT2D eigenvalue weighted by Crippen LogP contribution is -2.60. The molecule has 0 fully saturated rings. The van der Waals surface area contributed by atoms with E-state index in [1.807, 2.05) is 24.3 Å². The molecule has 1 aromatic carbocycles. The molecule has 9 N–H and O–H groups in total. The molecule has 0 spiro atoms. The highest BCUT2D eigenvalue weighted by atomic mass is 32.2. The molecule has 0 aliphatic rings. The number of hydrogen-bond acceptors (Lipinski definition) is 8. The van der Waals surface area contributed by atoms with Gasteiger partial charge in [0.2, 0.25) is 17.7 Å². The fraction of sp³-hybridized carbons (Fsp3) is 0.480. The van der Waals surface area contributed by atoms with Gasteiger partial charge in [-0.2, -0.15) is 11.8 Å². The molecule has 0 saturated carbocycles. The molecule has 0 radical (unpaired) electrons. The van der Waals surface area contributed by atoms with Crippen molar-refractivity contribution < 1.29 is 39.3 Å². The molecule has 0 aliphatic heterocycles. The lowest BCUT2D eigenvalue weighted by Gasteiger charge is -2.26. The summed E-state index contributed by atoms with van der Waals surface area (Å²) in [6.45, 7) is 1.25. The predicted octanol–water partition coefficient (Wildman–Crippen LogP) is -0.425. The standard InChI is InChI=1S/C25H35N5O8S/c1-13(31)21(30-22(34)16(26)7-8-20(32)33)24(36)29-19(23(35)28-18(25(37)38)9-10-39-2)11-14-12-27-17-6-4-3-5-15(14)17/h3-6,12-13,16,18-19,21,27,31H,7-11,26H2,1-2H3,(H,28,35)(H,29,36)(H,30,34)(H,32,33)(H,37,38). The van der Waals surface area contributed by atoms with Gasteiger partial charge in [-0.3, -0.25) is 19.2 Å². The minimum atomic E-state index is -1.52. The summed E-state index contributed by atoms with van der Waals surface area (Å²) in [4.78, 5) is 64.4. The van der Waals surface area contributed by atoms with Crippen LogP contribution in [0.15, 0.2) is 30.5 Å². The number of aromatic amines is 1. The van der Waals surface area contributed by atoms with E-state index < -0.39 is 59.9 Å². The van der Waals surface area contributed by atoms with Crippen LogP contribution in [0.25, 0.3) is 10.9 Å². The molecule has 0 bridgehead atoms. The Bertz CT molecular complexity index is 1170. The minimum Gasteiger partial charge on any atom is -0.481 e. The van der Waals surface area contributed by atoms with Crippen LogP contribution < -0.4 is 21.7 Å². The molecule has 13 nitrogen and oxygen atoms in total. The van der Waals surface area contributed by atoms with E-state index in [0.717, 1.165) is 10.9 Å². The topological polar surface area (TPSA) is 224 Å². The number of para-hydroxylation sites is 1. The Hall–Kier alpha value is -3.62. The van der Waals surface area contributed by atoms with Crippen LogP contribution >= 0.6 is 11.8 Å². The third-order valence-corrected chi connectivity index (χ3v) is 6.67. The summed E-state index contributed by atoms with van der Waals surface area (Å²) in [6.07, 6.45) is 1.67. The zero-order valence-electron chi connectivity index (χ0n) is 21.7. The molecule has 2 aromatic rings. The first-order valence-electron chi connectivity index (χ1n) is 12.3. The number of nitrogens with one attached hydrogen (secondary N) is 4. The molecule has 0 aliphatic carbocycles. The van der Waals surface area contributed by atoms with Gasteiger partial charge in [0, 0.05) is 29.9 Å². The average Bonchev–Trinajstić information content (AvgIpc) is 3.29. The van der Waals surface area contributed by atoms with Crippen molar-refractivity contribution in [2.45, 2.75) is 62.9 Å². The average molecular weight is 566 g/mol. The zero-order valence-corrected chi connectivity index (χ0v) is 22.5. The van der Waals surface area contributed by atoms with Crippen LogP contribution in [-0.2, 0) is 30.4 Å². The van der Waals surface area contributed by atoms with E-state index in [-0.39, 0.29) is 25.7 Å². The Balaban J connectivity index is 2.27. The van der Waals surface area contributed by atoms with Crippen LogP contribution in [0.2, 0.25) is 0 Å². The van der Waals surface area contributed by atoms with Gasteiger partial charge in [-0.05, 0) is 43.4 Å². The van der Waals surface area contributed by atoms with Crippen molar-refractivity contribution in [3.63, 3.8) is 0 Å². The number of carboxylic acids is 2. The first kappa shape index (κ1) is 31.6. The Morgan fingerprint density at radius 1 is 0.974 bits per heavy atom. The number of rotatable bonds is 16. The van der Waals surface area contributed by atoms with E-state index in [0.29, 0.717) is 11.3 Å². The Kier molecular flexibility index (Phi) is 12.2. The van der Waals surface area contributed by atoms with Crippen molar-refractivity contribution in [1.29, 1.82) is 0 Å². The van der Waals surface area contributed by atoms with Gasteiger partial charge in [0.05, 0.1) is 12.1 Å². The van der Waals surface area contributed by atoms with E-state index in [1.165, 1.54) is 18.7 Å². The summed E-state index contributed by atoms with van der Waals surface area (Å²) in [5.74, 6) is -4.39. The Morgan fingerprint density at radius 3 is 2.26 bits per heavy atom. The van der Waals surface area contributed by atoms with E-state index in [4.69, 9.17) is 10.8 Å². The maximum atomic E-state index is 13.3. The van der Waals surface area contributed by atoms with Crippen molar-refractivity contribution in [2.24, 2.45) is 5.73 Å². The van der Waals surface area contributed by atoms with E-state index in [9.17, 15) is 34.2 Å². The number of nitrogens with two attached hydrogens (primary N) is 1. The Morgan fingerprint density at radius 2 is 1.64 bits per heavy atom.